The average Bonchev–Trinajstić information content (AvgIpc) is 2.53. The zero-order valence-electron chi connectivity index (χ0n) is 13.2. The second kappa shape index (κ2) is 8.15. The Balaban J connectivity index is 1.76. The highest BCUT2D eigenvalue weighted by atomic mass is 16.2. The molecule has 4 nitrogen and oxygen atoms in total. The van der Waals surface area contributed by atoms with E-state index >= 15 is 0 Å². The normalized spacial score (nSPS) is 16.9. The molecule has 116 valence electrons. The molecule has 2 rings (SSSR count). The molecule has 1 N–H and O–H groups in total. The minimum atomic E-state index is 0.207. The fraction of sp³-hybridized carbons (Fsp3) is 0.588. The first kappa shape index (κ1) is 16.0. The maximum atomic E-state index is 12.3. The molecule has 1 heterocycles. The fourth-order valence-corrected chi connectivity index (χ4v) is 2.88. The van der Waals surface area contributed by atoms with Crippen LogP contribution in [-0.4, -0.2) is 56.0 Å². The van der Waals surface area contributed by atoms with Gasteiger partial charge in [-0.3, -0.25) is 9.69 Å². The number of hydrogen-bond acceptors (Lipinski definition) is 3. The molecule has 0 radical (unpaired) electrons. The third-order valence-electron chi connectivity index (χ3n) is 4.26. The van der Waals surface area contributed by atoms with Gasteiger partial charge in [-0.1, -0.05) is 30.3 Å². The fourth-order valence-electron chi connectivity index (χ4n) is 2.88. The summed E-state index contributed by atoms with van der Waals surface area (Å²) < 4.78 is 0. The maximum absolute atomic E-state index is 12.3. The highest BCUT2D eigenvalue weighted by molar-refractivity contribution is 5.78. The van der Waals surface area contributed by atoms with Crippen LogP contribution in [0.15, 0.2) is 30.3 Å². The number of amides is 1. The summed E-state index contributed by atoms with van der Waals surface area (Å²) in [6, 6.07) is 10.6. The Morgan fingerprint density at radius 2 is 1.95 bits per heavy atom. The van der Waals surface area contributed by atoms with Crippen molar-refractivity contribution >= 4 is 5.91 Å². The minimum Gasteiger partial charge on any atom is -0.344 e. The van der Waals surface area contributed by atoms with E-state index in [-0.39, 0.29) is 5.92 Å². The summed E-state index contributed by atoms with van der Waals surface area (Å²) in [5.74, 6) is 0.517. The van der Waals surface area contributed by atoms with Crippen LogP contribution in [0.3, 0.4) is 0 Å². The van der Waals surface area contributed by atoms with Crippen molar-refractivity contribution in [2.45, 2.75) is 19.4 Å². The van der Waals surface area contributed by atoms with Crippen molar-refractivity contribution in [3.8, 4) is 0 Å². The van der Waals surface area contributed by atoms with Crippen molar-refractivity contribution in [3.05, 3.63) is 35.9 Å². The highest BCUT2D eigenvalue weighted by Gasteiger charge is 2.26. The van der Waals surface area contributed by atoms with E-state index in [2.05, 4.69) is 40.5 Å². The topological polar surface area (TPSA) is 35.6 Å². The van der Waals surface area contributed by atoms with E-state index < -0.39 is 0 Å². The Morgan fingerprint density at radius 1 is 1.29 bits per heavy atom. The highest BCUT2D eigenvalue weighted by Crippen LogP contribution is 2.20. The molecule has 0 aliphatic carbocycles. The molecule has 0 spiro atoms. The molecule has 0 saturated carbocycles. The minimum absolute atomic E-state index is 0.207. The van der Waals surface area contributed by atoms with Crippen LogP contribution in [0.1, 0.15) is 18.4 Å². The van der Waals surface area contributed by atoms with Crippen molar-refractivity contribution in [1.29, 1.82) is 0 Å². The molecule has 0 unspecified atom stereocenters. The molecule has 1 saturated heterocycles. The van der Waals surface area contributed by atoms with Crippen molar-refractivity contribution in [2.24, 2.45) is 5.92 Å². The van der Waals surface area contributed by atoms with Crippen LogP contribution in [0, 0.1) is 5.92 Å². The van der Waals surface area contributed by atoms with Crippen LogP contribution in [0.25, 0.3) is 0 Å². The van der Waals surface area contributed by atoms with Crippen molar-refractivity contribution in [2.75, 3.05) is 40.3 Å². The molecule has 1 aliphatic rings. The van der Waals surface area contributed by atoms with E-state index in [9.17, 15) is 4.79 Å². The molecule has 4 heteroatoms. The van der Waals surface area contributed by atoms with Gasteiger partial charge in [0.15, 0.2) is 0 Å². The molecule has 1 aromatic rings. The number of carbonyl (C=O) groups excluding carboxylic acids is 1. The van der Waals surface area contributed by atoms with E-state index in [0.717, 1.165) is 45.6 Å². The maximum Gasteiger partial charge on any atom is 0.225 e. The summed E-state index contributed by atoms with van der Waals surface area (Å²) in [4.78, 5) is 16.7. The lowest BCUT2D eigenvalue weighted by molar-refractivity contribution is -0.135. The van der Waals surface area contributed by atoms with Crippen LogP contribution < -0.4 is 5.32 Å². The molecule has 0 bridgehead atoms. The van der Waals surface area contributed by atoms with Gasteiger partial charge < -0.3 is 10.2 Å². The Bertz CT molecular complexity index is 427. The molecule has 1 aromatic carbocycles. The molecule has 0 aromatic heterocycles. The predicted molar refractivity (Wildman–Crippen MR) is 86.0 cm³/mol. The first-order valence-electron chi connectivity index (χ1n) is 7.86. The van der Waals surface area contributed by atoms with E-state index in [0.29, 0.717) is 5.91 Å². The van der Waals surface area contributed by atoms with Crippen LogP contribution in [0.2, 0.25) is 0 Å². The van der Waals surface area contributed by atoms with E-state index in [1.807, 2.05) is 19.0 Å². The van der Waals surface area contributed by atoms with Gasteiger partial charge in [0.1, 0.15) is 0 Å². The van der Waals surface area contributed by atoms with Crippen LogP contribution in [0.5, 0.6) is 0 Å². The van der Waals surface area contributed by atoms with Crippen molar-refractivity contribution in [1.82, 2.24) is 15.1 Å². The number of piperidine rings is 1. The lowest BCUT2D eigenvalue weighted by Gasteiger charge is -2.33. The van der Waals surface area contributed by atoms with Gasteiger partial charge in [-0.05, 0) is 38.5 Å². The van der Waals surface area contributed by atoms with Gasteiger partial charge in [0.2, 0.25) is 5.91 Å². The van der Waals surface area contributed by atoms with Gasteiger partial charge in [-0.2, -0.15) is 0 Å². The summed E-state index contributed by atoms with van der Waals surface area (Å²) in [7, 11) is 3.83. The Kier molecular flexibility index (Phi) is 6.21. The molecule has 21 heavy (non-hydrogen) atoms. The van der Waals surface area contributed by atoms with Gasteiger partial charge in [0.25, 0.3) is 0 Å². The van der Waals surface area contributed by atoms with E-state index in [4.69, 9.17) is 0 Å². The van der Waals surface area contributed by atoms with Gasteiger partial charge in [0, 0.05) is 32.6 Å². The first-order chi connectivity index (χ1) is 10.2. The Hall–Kier alpha value is -1.39. The standard InChI is InChI=1S/C17H27N3O/c1-18-10-13-19(2)17(21)16-8-11-20(12-9-16)14-15-6-4-3-5-7-15/h3-7,16,18H,8-14H2,1-2H3. The van der Waals surface area contributed by atoms with E-state index in [1.54, 1.807) is 0 Å². The summed E-state index contributed by atoms with van der Waals surface area (Å²) in [5.41, 5.74) is 1.36. The number of nitrogens with zero attached hydrogens (tertiary/aromatic N) is 2. The number of hydrogen-bond donors (Lipinski definition) is 1. The molecule has 1 fully saturated rings. The summed E-state index contributed by atoms with van der Waals surface area (Å²) in [6.07, 6.45) is 1.96. The SMILES string of the molecule is CNCCN(C)C(=O)C1CCN(Cc2ccccc2)CC1. The smallest absolute Gasteiger partial charge is 0.225 e. The largest absolute Gasteiger partial charge is 0.344 e. The van der Waals surface area contributed by atoms with Gasteiger partial charge >= 0.3 is 0 Å². The average molecular weight is 289 g/mol. The quantitative estimate of drug-likeness (QED) is 0.863. The van der Waals surface area contributed by atoms with Crippen molar-refractivity contribution in [3.63, 3.8) is 0 Å². The summed E-state index contributed by atoms with van der Waals surface area (Å²) in [5, 5.41) is 3.09. The molecule has 1 amide bonds. The molecular weight excluding hydrogens is 262 g/mol. The van der Waals surface area contributed by atoms with Crippen molar-refractivity contribution < 1.29 is 4.79 Å². The van der Waals surface area contributed by atoms with Crippen LogP contribution >= 0.6 is 0 Å². The lowest BCUT2D eigenvalue weighted by Crippen LogP contribution is -2.42. The predicted octanol–water partition coefficient (Wildman–Crippen LogP) is 1.58. The second-order valence-electron chi connectivity index (χ2n) is 5.90. The van der Waals surface area contributed by atoms with Crippen LogP contribution in [-0.2, 0) is 11.3 Å². The molecule has 1 aliphatic heterocycles. The van der Waals surface area contributed by atoms with Gasteiger partial charge in [-0.25, -0.2) is 0 Å². The Labute approximate surface area is 128 Å². The second-order valence-corrected chi connectivity index (χ2v) is 5.90. The number of likely N-dealkylation sites (tertiary alicyclic amines) is 1. The number of carbonyl (C=O) groups is 1. The molecule has 0 atom stereocenters. The lowest BCUT2D eigenvalue weighted by atomic mass is 9.95. The van der Waals surface area contributed by atoms with Gasteiger partial charge in [0.05, 0.1) is 0 Å². The van der Waals surface area contributed by atoms with Crippen LogP contribution in [0.4, 0.5) is 0 Å². The number of nitrogens with one attached hydrogen (secondary N) is 1. The zero-order valence-corrected chi connectivity index (χ0v) is 13.2. The van der Waals surface area contributed by atoms with Gasteiger partial charge in [-0.15, -0.1) is 0 Å². The third kappa shape index (κ3) is 4.83. The zero-order chi connectivity index (χ0) is 15.1. The molecular formula is C17H27N3O. The number of rotatable bonds is 6. The summed E-state index contributed by atoms with van der Waals surface area (Å²) >= 11 is 0. The van der Waals surface area contributed by atoms with E-state index in [1.165, 1.54) is 5.56 Å². The number of likely N-dealkylation sites (N-methyl/N-ethyl adjacent to an activating group) is 2. The third-order valence-corrected chi connectivity index (χ3v) is 4.26. The monoisotopic (exact) mass is 289 g/mol. The Morgan fingerprint density at radius 3 is 2.57 bits per heavy atom. The number of benzene rings is 1. The summed E-state index contributed by atoms with van der Waals surface area (Å²) in [6.45, 7) is 4.68. The first-order valence-corrected chi connectivity index (χ1v) is 7.86.